The highest BCUT2D eigenvalue weighted by Gasteiger charge is 2.36. The van der Waals surface area contributed by atoms with Crippen LogP contribution in [0.25, 0.3) is 0 Å². The van der Waals surface area contributed by atoms with Gasteiger partial charge in [0.1, 0.15) is 13.2 Å². The largest absolute Gasteiger partial charge is 0.486 e. The summed E-state index contributed by atoms with van der Waals surface area (Å²) >= 11 is 0. The maximum absolute atomic E-state index is 13.0. The lowest BCUT2D eigenvalue weighted by molar-refractivity contribution is -0.122. The number of anilines is 2. The monoisotopic (exact) mass is 394 g/mol. The van der Waals surface area contributed by atoms with Gasteiger partial charge < -0.3 is 19.7 Å². The van der Waals surface area contributed by atoms with E-state index in [1.54, 1.807) is 4.90 Å². The van der Waals surface area contributed by atoms with E-state index in [4.69, 9.17) is 9.47 Å². The number of hydrogen-bond donors (Lipinski definition) is 1. The number of carbonyl (C=O) groups is 2. The molecular formula is C23H26N2O4. The molecule has 1 unspecified atom stereocenters. The van der Waals surface area contributed by atoms with Gasteiger partial charge in [-0.3, -0.25) is 9.59 Å². The molecule has 0 bridgehead atoms. The lowest BCUT2D eigenvalue weighted by atomic mass is 9.97. The molecule has 0 radical (unpaired) electrons. The molecule has 152 valence electrons. The SMILES string of the molecule is Cc1cccc(C(C)C)c1NC(=O)C1CC(=O)N(c2ccc3c(c2)OCCO3)C1. The van der Waals surface area contributed by atoms with Crippen molar-refractivity contribution >= 4 is 23.2 Å². The number of amides is 2. The average molecular weight is 394 g/mol. The summed E-state index contributed by atoms with van der Waals surface area (Å²) in [6, 6.07) is 11.5. The van der Waals surface area contributed by atoms with Crippen molar-refractivity contribution in [2.45, 2.75) is 33.1 Å². The van der Waals surface area contributed by atoms with Crippen molar-refractivity contribution < 1.29 is 19.1 Å². The minimum absolute atomic E-state index is 0.0595. The van der Waals surface area contributed by atoms with Crippen LogP contribution in [0.3, 0.4) is 0 Å². The summed E-state index contributed by atoms with van der Waals surface area (Å²) in [5.41, 5.74) is 3.72. The number of fused-ring (bicyclic) bond motifs is 1. The van der Waals surface area contributed by atoms with Crippen LogP contribution in [0.1, 0.15) is 37.3 Å². The minimum atomic E-state index is -0.393. The van der Waals surface area contributed by atoms with Crippen LogP contribution in [0.2, 0.25) is 0 Å². The van der Waals surface area contributed by atoms with Crippen LogP contribution in [-0.4, -0.2) is 31.6 Å². The molecular weight excluding hydrogens is 368 g/mol. The van der Waals surface area contributed by atoms with E-state index in [-0.39, 0.29) is 18.2 Å². The lowest BCUT2D eigenvalue weighted by Gasteiger charge is -2.22. The van der Waals surface area contributed by atoms with Crippen molar-refractivity contribution in [3.05, 3.63) is 47.5 Å². The molecule has 2 aromatic carbocycles. The summed E-state index contributed by atoms with van der Waals surface area (Å²) in [6.45, 7) is 7.56. The first-order chi connectivity index (χ1) is 13.9. The molecule has 6 heteroatoms. The first kappa shape index (κ1) is 19.3. The molecule has 2 aliphatic rings. The average Bonchev–Trinajstić information content (AvgIpc) is 3.10. The van der Waals surface area contributed by atoms with E-state index in [1.165, 1.54) is 0 Å². The zero-order valence-electron chi connectivity index (χ0n) is 17.0. The third kappa shape index (κ3) is 3.79. The second-order valence-corrected chi connectivity index (χ2v) is 7.92. The first-order valence-electron chi connectivity index (χ1n) is 10.0. The highest BCUT2D eigenvalue weighted by Crippen LogP contribution is 2.36. The van der Waals surface area contributed by atoms with E-state index in [0.717, 1.165) is 22.5 Å². The molecule has 2 amide bonds. The van der Waals surface area contributed by atoms with Gasteiger partial charge in [0, 0.05) is 30.4 Å². The molecule has 1 N–H and O–H groups in total. The van der Waals surface area contributed by atoms with Gasteiger partial charge in [-0.05, 0) is 36.1 Å². The number of para-hydroxylation sites is 1. The minimum Gasteiger partial charge on any atom is -0.486 e. The summed E-state index contributed by atoms with van der Waals surface area (Å²) < 4.78 is 11.2. The van der Waals surface area contributed by atoms with Gasteiger partial charge in [-0.15, -0.1) is 0 Å². The number of ether oxygens (including phenoxy) is 2. The third-order valence-corrected chi connectivity index (χ3v) is 5.51. The van der Waals surface area contributed by atoms with Gasteiger partial charge in [-0.2, -0.15) is 0 Å². The maximum atomic E-state index is 13.0. The summed E-state index contributed by atoms with van der Waals surface area (Å²) in [4.78, 5) is 27.2. The van der Waals surface area contributed by atoms with E-state index in [0.29, 0.717) is 37.2 Å². The molecule has 2 heterocycles. The van der Waals surface area contributed by atoms with Crippen LogP contribution < -0.4 is 19.7 Å². The van der Waals surface area contributed by atoms with Gasteiger partial charge in [-0.1, -0.05) is 32.0 Å². The Labute approximate surface area is 170 Å². The van der Waals surface area contributed by atoms with Gasteiger partial charge in [0.2, 0.25) is 11.8 Å². The molecule has 1 saturated heterocycles. The van der Waals surface area contributed by atoms with E-state index in [1.807, 2.05) is 43.3 Å². The number of nitrogens with zero attached hydrogens (tertiary/aromatic N) is 1. The van der Waals surface area contributed by atoms with Crippen LogP contribution in [0.15, 0.2) is 36.4 Å². The number of rotatable bonds is 4. The van der Waals surface area contributed by atoms with Gasteiger partial charge >= 0.3 is 0 Å². The van der Waals surface area contributed by atoms with Crippen molar-refractivity contribution in [3.8, 4) is 11.5 Å². The van der Waals surface area contributed by atoms with Gasteiger partial charge in [0.05, 0.1) is 5.92 Å². The second kappa shape index (κ2) is 7.78. The van der Waals surface area contributed by atoms with Crippen molar-refractivity contribution in [2.75, 3.05) is 30.0 Å². The standard InChI is InChI=1S/C23H26N2O4/c1-14(2)18-6-4-5-15(3)22(18)24-23(27)16-11-21(26)25(13-16)17-7-8-19-20(12-17)29-10-9-28-19/h4-8,12,14,16H,9-11,13H2,1-3H3,(H,24,27). The third-order valence-electron chi connectivity index (χ3n) is 5.51. The predicted molar refractivity (Wildman–Crippen MR) is 112 cm³/mol. The van der Waals surface area contributed by atoms with Crippen LogP contribution in [0.5, 0.6) is 11.5 Å². The lowest BCUT2D eigenvalue weighted by Crippen LogP contribution is -2.28. The Morgan fingerprint density at radius 3 is 2.66 bits per heavy atom. The number of aryl methyl sites for hydroxylation is 1. The van der Waals surface area contributed by atoms with E-state index >= 15 is 0 Å². The molecule has 1 atom stereocenters. The Kier molecular flexibility index (Phi) is 5.18. The van der Waals surface area contributed by atoms with Crippen molar-refractivity contribution in [1.82, 2.24) is 0 Å². The molecule has 0 aliphatic carbocycles. The Hall–Kier alpha value is -3.02. The maximum Gasteiger partial charge on any atom is 0.229 e. The Morgan fingerprint density at radius 1 is 1.14 bits per heavy atom. The Morgan fingerprint density at radius 2 is 1.90 bits per heavy atom. The fraction of sp³-hybridized carbons (Fsp3) is 0.391. The molecule has 1 fully saturated rings. The van der Waals surface area contributed by atoms with Gasteiger partial charge in [-0.25, -0.2) is 0 Å². The fourth-order valence-corrected chi connectivity index (χ4v) is 3.90. The Balaban J connectivity index is 1.51. The van der Waals surface area contributed by atoms with Crippen LogP contribution >= 0.6 is 0 Å². The topological polar surface area (TPSA) is 67.9 Å². The molecule has 2 aliphatic heterocycles. The van der Waals surface area contributed by atoms with Gasteiger partial charge in [0.25, 0.3) is 0 Å². The quantitative estimate of drug-likeness (QED) is 0.855. The number of carbonyl (C=O) groups excluding carboxylic acids is 2. The number of benzene rings is 2. The van der Waals surface area contributed by atoms with Crippen molar-refractivity contribution in [1.29, 1.82) is 0 Å². The summed E-state index contributed by atoms with van der Waals surface area (Å²) in [5, 5.41) is 3.08. The van der Waals surface area contributed by atoms with Gasteiger partial charge in [0.15, 0.2) is 11.5 Å². The first-order valence-corrected chi connectivity index (χ1v) is 10.0. The zero-order chi connectivity index (χ0) is 20.5. The van der Waals surface area contributed by atoms with E-state index in [2.05, 4.69) is 19.2 Å². The molecule has 4 rings (SSSR count). The molecule has 29 heavy (non-hydrogen) atoms. The second-order valence-electron chi connectivity index (χ2n) is 7.92. The van der Waals surface area contributed by atoms with Crippen molar-refractivity contribution in [3.63, 3.8) is 0 Å². The summed E-state index contributed by atoms with van der Waals surface area (Å²) in [5.74, 6) is 1.04. The number of nitrogens with one attached hydrogen (secondary N) is 1. The summed E-state index contributed by atoms with van der Waals surface area (Å²) in [7, 11) is 0. The normalized spacial score (nSPS) is 18.3. The molecule has 6 nitrogen and oxygen atoms in total. The smallest absolute Gasteiger partial charge is 0.229 e. The fourth-order valence-electron chi connectivity index (χ4n) is 3.90. The zero-order valence-corrected chi connectivity index (χ0v) is 17.0. The highest BCUT2D eigenvalue weighted by atomic mass is 16.6. The molecule has 0 saturated carbocycles. The highest BCUT2D eigenvalue weighted by molar-refractivity contribution is 6.04. The Bertz CT molecular complexity index is 954. The molecule has 0 spiro atoms. The van der Waals surface area contributed by atoms with Crippen LogP contribution in [0, 0.1) is 12.8 Å². The van der Waals surface area contributed by atoms with Crippen molar-refractivity contribution in [2.24, 2.45) is 5.92 Å². The van der Waals surface area contributed by atoms with Crippen LogP contribution in [0.4, 0.5) is 11.4 Å². The number of hydrogen-bond acceptors (Lipinski definition) is 4. The van der Waals surface area contributed by atoms with E-state index < -0.39 is 5.92 Å². The van der Waals surface area contributed by atoms with E-state index in [9.17, 15) is 9.59 Å². The molecule has 0 aromatic heterocycles. The summed E-state index contributed by atoms with van der Waals surface area (Å²) in [6.07, 6.45) is 0.198. The molecule has 2 aromatic rings. The van der Waals surface area contributed by atoms with Crippen LogP contribution in [-0.2, 0) is 9.59 Å². The predicted octanol–water partition coefficient (Wildman–Crippen LogP) is 3.88.